The molecule has 1 amide bonds. The van der Waals surface area contributed by atoms with Crippen LogP contribution in [-0.2, 0) is 6.54 Å². The molecule has 4 aromatic rings. The molecule has 0 aliphatic rings. The Kier molecular flexibility index (Phi) is 6.98. The summed E-state index contributed by atoms with van der Waals surface area (Å²) in [5, 5.41) is 7.44. The molecule has 0 bridgehead atoms. The number of nitrogens with one attached hydrogen (secondary N) is 1. The molecule has 0 aliphatic carbocycles. The highest BCUT2D eigenvalue weighted by atomic mass is 35.5. The number of amides is 1. The van der Waals surface area contributed by atoms with E-state index in [0.29, 0.717) is 10.7 Å². The van der Waals surface area contributed by atoms with Crippen molar-refractivity contribution >= 4 is 17.5 Å². The van der Waals surface area contributed by atoms with Crippen LogP contribution in [0.3, 0.4) is 0 Å². The van der Waals surface area contributed by atoms with Gasteiger partial charge in [0.15, 0.2) is 0 Å². The first-order valence-corrected chi connectivity index (χ1v) is 11.5. The average Bonchev–Trinajstić information content (AvgIpc) is 2.85. The fourth-order valence-corrected chi connectivity index (χ4v) is 3.90. The molecule has 0 saturated heterocycles. The normalized spacial score (nSPS) is 11.8. The molecule has 0 fully saturated rings. The summed E-state index contributed by atoms with van der Waals surface area (Å²) in [4.78, 5) is 40.0. The van der Waals surface area contributed by atoms with E-state index in [4.69, 9.17) is 11.6 Å². The molecule has 0 saturated carbocycles. The molecular formula is C27H25ClN4O3. The van der Waals surface area contributed by atoms with Crippen LogP contribution < -0.4 is 16.6 Å². The van der Waals surface area contributed by atoms with Crippen molar-refractivity contribution in [3.05, 3.63) is 127 Å². The first-order chi connectivity index (χ1) is 16.8. The third-order valence-electron chi connectivity index (χ3n) is 5.91. The number of hydrogen-bond donors (Lipinski definition) is 1. The van der Waals surface area contributed by atoms with Crippen molar-refractivity contribution in [1.82, 2.24) is 19.7 Å². The Morgan fingerprint density at radius 3 is 2.34 bits per heavy atom. The zero-order valence-corrected chi connectivity index (χ0v) is 20.4. The molecule has 3 aromatic carbocycles. The topological polar surface area (TPSA) is 86.0 Å². The second kappa shape index (κ2) is 10.1. The molecule has 7 nitrogen and oxygen atoms in total. The molecule has 178 valence electrons. The fourth-order valence-electron chi connectivity index (χ4n) is 3.73. The molecule has 0 spiro atoms. The van der Waals surface area contributed by atoms with Gasteiger partial charge in [-0.05, 0) is 55.2 Å². The van der Waals surface area contributed by atoms with Gasteiger partial charge in [0.25, 0.3) is 11.5 Å². The van der Waals surface area contributed by atoms with Crippen LogP contribution in [0.25, 0.3) is 5.69 Å². The fraction of sp³-hybridized carbons (Fsp3) is 0.185. The number of aromatic nitrogens is 3. The van der Waals surface area contributed by atoms with Crippen molar-refractivity contribution in [2.24, 2.45) is 0 Å². The predicted molar refractivity (Wildman–Crippen MR) is 136 cm³/mol. The monoisotopic (exact) mass is 488 g/mol. The molecule has 4 rings (SSSR count). The van der Waals surface area contributed by atoms with Gasteiger partial charge in [0, 0.05) is 5.02 Å². The van der Waals surface area contributed by atoms with Gasteiger partial charge in [-0.1, -0.05) is 72.3 Å². The number of hydrogen-bond acceptors (Lipinski definition) is 4. The van der Waals surface area contributed by atoms with Gasteiger partial charge in [0.2, 0.25) is 5.69 Å². The first kappa shape index (κ1) is 24.2. The van der Waals surface area contributed by atoms with Crippen LogP contribution in [0.2, 0.25) is 5.02 Å². The van der Waals surface area contributed by atoms with Crippen molar-refractivity contribution in [3.8, 4) is 5.69 Å². The van der Waals surface area contributed by atoms with E-state index in [9.17, 15) is 14.4 Å². The summed E-state index contributed by atoms with van der Waals surface area (Å²) in [7, 11) is 0. The highest BCUT2D eigenvalue weighted by Gasteiger charge is 2.22. The predicted octanol–water partition coefficient (Wildman–Crippen LogP) is 4.20. The van der Waals surface area contributed by atoms with Crippen LogP contribution in [0.5, 0.6) is 0 Å². The molecule has 0 unspecified atom stereocenters. The van der Waals surface area contributed by atoms with Gasteiger partial charge in [0.1, 0.15) is 0 Å². The molecule has 35 heavy (non-hydrogen) atoms. The molecule has 1 N–H and O–H groups in total. The van der Waals surface area contributed by atoms with Gasteiger partial charge in [-0.2, -0.15) is 9.78 Å². The van der Waals surface area contributed by atoms with Crippen LogP contribution in [0.4, 0.5) is 0 Å². The molecule has 8 heteroatoms. The molecule has 1 heterocycles. The second-order valence-electron chi connectivity index (χ2n) is 8.40. The summed E-state index contributed by atoms with van der Waals surface area (Å²) in [6, 6.07) is 21.5. The van der Waals surface area contributed by atoms with E-state index in [0.717, 1.165) is 31.5 Å². The van der Waals surface area contributed by atoms with E-state index in [1.165, 1.54) is 0 Å². The maximum Gasteiger partial charge on any atom is 0.352 e. The van der Waals surface area contributed by atoms with E-state index >= 15 is 0 Å². The number of halogens is 1. The van der Waals surface area contributed by atoms with Crippen molar-refractivity contribution in [1.29, 1.82) is 0 Å². The van der Waals surface area contributed by atoms with Crippen LogP contribution in [0.15, 0.2) is 82.4 Å². The van der Waals surface area contributed by atoms with Gasteiger partial charge in [-0.15, -0.1) is 0 Å². The molecule has 0 radical (unpaired) electrons. The van der Waals surface area contributed by atoms with Crippen LogP contribution in [-0.4, -0.2) is 20.3 Å². The standard InChI is InChI=1S/C27H25ClN4O3/c1-17-9-7-8-12-21(17)16-31-26(34)24(25(33)29-19(3)20-10-5-4-6-11-20)30-32(27(31)35)22-14-13-18(2)23(28)15-22/h4-15,19H,16H2,1-3H3,(H,29,33)/t19-/m1/s1. The summed E-state index contributed by atoms with van der Waals surface area (Å²) in [6.07, 6.45) is 0. The molecule has 1 atom stereocenters. The first-order valence-electron chi connectivity index (χ1n) is 11.2. The van der Waals surface area contributed by atoms with Crippen LogP contribution >= 0.6 is 11.6 Å². The Bertz CT molecular complexity index is 1510. The number of rotatable bonds is 6. The van der Waals surface area contributed by atoms with E-state index in [2.05, 4.69) is 10.4 Å². The molecule has 0 aliphatic heterocycles. The maximum atomic E-state index is 13.4. The quantitative estimate of drug-likeness (QED) is 0.440. The average molecular weight is 489 g/mol. The van der Waals surface area contributed by atoms with E-state index in [-0.39, 0.29) is 18.3 Å². The summed E-state index contributed by atoms with van der Waals surface area (Å²) in [5.41, 5.74) is 1.97. The largest absolute Gasteiger partial charge is 0.352 e. The highest BCUT2D eigenvalue weighted by molar-refractivity contribution is 6.31. The van der Waals surface area contributed by atoms with Crippen molar-refractivity contribution in [3.63, 3.8) is 0 Å². The van der Waals surface area contributed by atoms with E-state index in [1.54, 1.807) is 18.2 Å². The Labute approximate surface area is 207 Å². The molecule has 1 aromatic heterocycles. The third-order valence-corrected chi connectivity index (χ3v) is 6.32. The van der Waals surface area contributed by atoms with Crippen LogP contribution in [0.1, 0.15) is 45.7 Å². The Hall–Kier alpha value is -3.97. The minimum absolute atomic E-state index is 0.000965. The van der Waals surface area contributed by atoms with E-state index < -0.39 is 17.2 Å². The lowest BCUT2D eigenvalue weighted by molar-refractivity contribution is 0.0930. The number of carbonyl (C=O) groups is 1. The van der Waals surface area contributed by atoms with Crippen LogP contribution in [0, 0.1) is 13.8 Å². The number of carbonyl (C=O) groups excluding carboxylic acids is 1. The Morgan fingerprint density at radius 2 is 1.66 bits per heavy atom. The lowest BCUT2D eigenvalue weighted by Gasteiger charge is -2.16. The van der Waals surface area contributed by atoms with Gasteiger partial charge in [-0.3, -0.25) is 14.2 Å². The lowest BCUT2D eigenvalue weighted by Crippen LogP contribution is -2.46. The number of nitrogens with zero attached hydrogens (tertiary/aromatic N) is 3. The van der Waals surface area contributed by atoms with Crippen molar-refractivity contribution in [2.75, 3.05) is 0 Å². The van der Waals surface area contributed by atoms with Gasteiger partial charge >= 0.3 is 5.69 Å². The summed E-state index contributed by atoms with van der Waals surface area (Å²) in [6.45, 7) is 5.55. The van der Waals surface area contributed by atoms with Gasteiger partial charge in [-0.25, -0.2) is 4.79 Å². The zero-order valence-electron chi connectivity index (χ0n) is 19.7. The Morgan fingerprint density at radius 1 is 0.971 bits per heavy atom. The summed E-state index contributed by atoms with van der Waals surface area (Å²) >= 11 is 6.29. The Balaban J connectivity index is 1.84. The van der Waals surface area contributed by atoms with Crippen molar-refractivity contribution < 1.29 is 4.79 Å². The highest BCUT2D eigenvalue weighted by Crippen LogP contribution is 2.18. The van der Waals surface area contributed by atoms with Gasteiger partial charge in [0.05, 0.1) is 18.3 Å². The SMILES string of the molecule is Cc1ccc(-n2nc(C(=O)N[C@H](C)c3ccccc3)c(=O)n(Cc3ccccc3C)c2=O)cc1Cl. The number of benzene rings is 3. The van der Waals surface area contributed by atoms with Gasteiger partial charge < -0.3 is 5.32 Å². The zero-order chi connectivity index (χ0) is 25.1. The molecular weight excluding hydrogens is 464 g/mol. The summed E-state index contributed by atoms with van der Waals surface area (Å²) in [5.74, 6) is -0.670. The minimum atomic E-state index is -0.759. The minimum Gasteiger partial charge on any atom is -0.344 e. The van der Waals surface area contributed by atoms with Crippen molar-refractivity contribution in [2.45, 2.75) is 33.4 Å². The maximum absolute atomic E-state index is 13.4. The second-order valence-corrected chi connectivity index (χ2v) is 8.81. The smallest absolute Gasteiger partial charge is 0.344 e. The third kappa shape index (κ3) is 5.10. The number of aryl methyl sites for hydroxylation is 2. The lowest BCUT2D eigenvalue weighted by atomic mass is 10.1. The summed E-state index contributed by atoms with van der Waals surface area (Å²) < 4.78 is 2.08. The van der Waals surface area contributed by atoms with E-state index in [1.807, 2.05) is 75.4 Å².